The quantitative estimate of drug-likeness (QED) is 0.920. The van der Waals surface area contributed by atoms with E-state index in [1.807, 2.05) is 6.92 Å². The van der Waals surface area contributed by atoms with E-state index in [1.54, 1.807) is 50.5 Å². The first kappa shape index (κ1) is 17.8. The molecule has 0 aliphatic rings. The SMILES string of the molecule is COc1ccc(C(=O)N(C)C)cc1NC(=O)c1ccc(Cl)c(C)c1. The summed E-state index contributed by atoms with van der Waals surface area (Å²) in [5.74, 6) is 0.0161. The third kappa shape index (κ3) is 3.86. The number of aryl methyl sites for hydroxylation is 1. The summed E-state index contributed by atoms with van der Waals surface area (Å²) in [6.07, 6.45) is 0. The molecular weight excluding hydrogens is 328 g/mol. The summed E-state index contributed by atoms with van der Waals surface area (Å²) in [6, 6.07) is 9.94. The normalized spacial score (nSPS) is 10.2. The van der Waals surface area contributed by atoms with Gasteiger partial charge < -0.3 is 15.0 Å². The lowest BCUT2D eigenvalue weighted by molar-refractivity contribution is 0.0827. The van der Waals surface area contributed by atoms with Crippen LogP contribution in [0.5, 0.6) is 5.75 Å². The summed E-state index contributed by atoms with van der Waals surface area (Å²) in [6.45, 7) is 1.83. The average Bonchev–Trinajstić information content (AvgIpc) is 2.56. The maximum Gasteiger partial charge on any atom is 0.255 e. The van der Waals surface area contributed by atoms with E-state index in [0.717, 1.165) is 5.56 Å². The largest absolute Gasteiger partial charge is 0.495 e. The van der Waals surface area contributed by atoms with Gasteiger partial charge in [-0.05, 0) is 48.9 Å². The zero-order valence-electron chi connectivity index (χ0n) is 14.0. The van der Waals surface area contributed by atoms with Gasteiger partial charge in [0.25, 0.3) is 11.8 Å². The van der Waals surface area contributed by atoms with Crippen LogP contribution in [0.3, 0.4) is 0 Å². The standard InChI is InChI=1S/C18H19ClN2O3/c1-11-9-12(5-7-14(11)19)17(22)20-15-10-13(18(23)21(2)3)6-8-16(15)24-4/h5-10H,1-4H3,(H,20,22). The van der Waals surface area contributed by atoms with Crippen molar-refractivity contribution in [1.29, 1.82) is 0 Å². The Morgan fingerprint density at radius 3 is 2.33 bits per heavy atom. The molecule has 2 amide bonds. The second-order valence-electron chi connectivity index (χ2n) is 5.53. The number of methoxy groups -OCH3 is 1. The Morgan fingerprint density at radius 1 is 1.08 bits per heavy atom. The van der Waals surface area contributed by atoms with Crippen molar-refractivity contribution in [3.05, 3.63) is 58.1 Å². The molecular formula is C18H19ClN2O3. The minimum atomic E-state index is -0.303. The fourth-order valence-corrected chi connectivity index (χ4v) is 2.29. The predicted molar refractivity (Wildman–Crippen MR) is 95.2 cm³/mol. The molecule has 0 atom stereocenters. The summed E-state index contributed by atoms with van der Waals surface area (Å²) in [5.41, 5.74) is 2.18. The Balaban J connectivity index is 2.33. The van der Waals surface area contributed by atoms with Crippen molar-refractivity contribution in [3.8, 4) is 5.75 Å². The van der Waals surface area contributed by atoms with Gasteiger partial charge in [-0.3, -0.25) is 9.59 Å². The van der Waals surface area contributed by atoms with E-state index in [-0.39, 0.29) is 11.8 Å². The number of hydrogen-bond donors (Lipinski definition) is 1. The molecule has 24 heavy (non-hydrogen) atoms. The summed E-state index contributed by atoms with van der Waals surface area (Å²) >= 11 is 5.98. The van der Waals surface area contributed by atoms with E-state index in [2.05, 4.69) is 5.32 Å². The number of carbonyl (C=O) groups excluding carboxylic acids is 2. The predicted octanol–water partition coefficient (Wildman–Crippen LogP) is 3.61. The fourth-order valence-electron chi connectivity index (χ4n) is 2.18. The Hall–Kier alpha value is -2.53. The van der Waals surface area contributed by atoms with Crippen LogP contribution in [0.4, 0.5) is 5.69 Å². The molecule has 5 nitrogen and oxygen atoms in total. The van der Waals surface area contributed by atoms with Gasteiger partial charge in [-0.1, -0.05) is 11.6 Å². The summed E-state index contributed by atoms with van der Waals surface area (Å²) in [4.78, 5) is 26.0. The van der Waals surface area contributed by atoms with Gasteiger partial charge in [0.15, 0.2) is 0 Å². The molecule has 0 bridgehead atoms. The third-order valence-electron chi connectivity index (χ3n) is 3.52. The van der Waals surface area contributed by atoms with Gasteiger partial charge in [0.2, 0.25) is 0 Å². The molecule has 6 heteroatoms. The van der Waals surface area contributed by atoms with Crippen LogP contribution in [-0.2, 0) is 0 Å². The van der Waals surface area contributed by atoms with Gasteiger partial charge in [0.05, 0.1) is 12.8 Å². The number of halogens is 1. The van der Waals surface area contributed by atoms with Crippen LogP contribution in [0.15, 0.2) is 36.4 Å². The van der Waals surface area contributed by atoms with Crippen molar-refractivity contribution in [2.75, 3.05) is 26.5 Å². The number of nitrogens with zero attached hydrogens (tertiary/aromatic N) is 1. The molecule has 2 aromatic carbocycles. The van der Waals surface area contributed by atoms with E-state index in [4.69, 9.17) is 16.3 Å². The highest BCUT2D eigenvalue weighted by Crippen LogP contribution is 2.27. The highest BCUT2D eigenvalue weighted by atomic mass is 35.5. The van der Waals surface area contributed by atoms with Crippen LogP contribution in [-0.4, -0.2) is 37.9 Å². The lowest BCUT2D eigenvalue weighted by Crippen LogP contribution is -2.22. The average molecular weight is 347 g/mol. The van der Waals surface area contributed by atoms with E-state index < -0.39 is 0 Å². The van der Waals surface area contributed by atoms with Crippen LogP contribution >= 0.6 is 11.6 Å². The van der Waals surface area contributed by atoms with Crippen molar-refractivity contribution < 1.29 is 14.3 Å². The van der Waals surface area contributed by atoms with Gasteiger partial charge in [-0.15, -0.1) is 0 Å². The van der Waals surface area contributed by atoms with E-state index in [1.165, 1.54) is 12.0 Å². The molecule has 0 saturated heterocycles. The number of nitrogens with one attached hydrogen (secondary N) is 1. The molecule has 0 heterocycles. The number of amides is 2. The first-order chi connectivity index (χ1) is 11.3. The first-order valence-corrected chi connectivity index (χ1v) is 7.68. The van der Waals surface area contributed by atoms with Gasteiger partial charge in [-0.25, -0.2) is 0 Å². The molecule has 0 aliphatic carbocycles. The maximum atomic E-state index is 12.5. The molecule has 0 unspecified atom stereocenters. The number of benzene rings is 2. The topological polar surface area (TPSA) is 58.6 Å². The van der Waals surface area contributed by atoms with Crippen LogP contribution in [0.25, 0.3) is 0 Å². The summed E-state index contributed by atoms with van der Waals surface area (Å²) in [7, 11) is 4.84. The second-order valence-corrected chi connectivity index (χ2v) is 5.94. The summed E-state index contributed by atoms with van der Waals surface area (Å²) in [5, 5.41) is 3.38. The highest BCUT2D eigenvalue weighted by molar-refractivity contribution is 6.31. The molecule has 0 aromatic heterocycles. The number of carbonyl (C=O) groups is 2. The molecule has 0 spiro atoms. The van der Waals surface area contributed by atoms with E-state index in [9.17, 15) is 9.59 Å². The van der Waals surface area contributed by atoms with Gasteiger partial charge in [0.1, 0.15) is 5.75 Å². The van der Waals surface area contributed by atoms with Crippen molar-refractivity contribution in [1.82, 2.24) is 4.90 Å². The molecule has 0 aliphatic heterocycles. The van der Waals surface area contributed by atoms with Crippen LogP contribution in [0, 0.1) is 6.92 Å². The molecule has 0 radical (unpaired) electrons. The Morgan fingerprint density at radius 2 is 1.75 bits per heavy atom. The zero-order valence-corrected chi connectivity index (χ0v) is 14.8. The van der Waals surface area contributed by atoms with Crippen molar-refractivity contribution >= 4 is 29.1 Å². The zero-order chi connectivity index (χ0) is 17.9. The third-order valence-corrected chi connectivity index (χ3v) is 3.95. The molecule has 2 rings (SSSR count). The Bertz CT molecular complexity index is 788. The van der Waals surface area contributed by atoms with Crippen molar-refractivity contribution in [2.24, 2.45) is 0 Å². The van der Waals surface area contributed by atoms with Gasteiger partial charge in [0, 0.05) is 30.2 Å². The number of hydrogen-bond acceptors (Lipinski definition) is 3. The monoisotopic (exact) mass is 346 g/mol. The van der Waals surface area contributed by atoms with Crippen LogP contribution in [0.1, 0.15) is 26.3 Å². The lowest BCUT2D eigenvalue weighted by atomic mass is 10.1. The van der Waals surface area contributed by atoms with Gasteiger partial charge >= 0.3 is 0 Å². The second kappa shape index (κ2) is 7.36. The van der Waals surface area contributed by atoms with E-state index in [0.29, 0.717) is 27.6 Å². The van der Waals surface area contributed by atoms with Crippen LogP contribution in [0.2, 0.25) is 5.02 Å². The minimum Gasteiger partial charge on any atom is -0.495 e. The smallest absolute Gasteiger partial charge is 0.255 e. The first-order valence-electron chi connectivity index (χ1n) is 7.30. The summed E-state index contributed by atoms with van der Waals surface area (Å²) < 4.78 is 5.26. The maximum absolute atomic E-state index is 12.5. The van der Waals surface area contributed by atoms with Crippen LogP contribution < -0.4 is 10.1 Å². The number of ether oxygens (including phenoxy) is 1. The fraction of sp³-hybridized carbons (Fsp3) is 0.222. The minimum absolute atomic E-state index is 0.157. The molecule has 126 valence electrons. The number of rotatable bonds is 4. The molecule has 0 saturated carbocycles. The Kier molecular flexibility index (Phi) is 5.46. The Labute approximate surface area is 146 Å². The highest BCUT2D eigenvalue weighted by Gasteiger charge is 2.15. The number of anilines is 1. The van der Waals surface area contributed by atoms with Crippen molar-refractivity contribution in [3.63, 3.8) is 0 Å². The lowest BCUT2D eigenvalue weighted by Gasteiger charge is -2.14. The molecule has 2 aromatic rings. The van der Waals surface area contributed by atoms with E-state index >= 15 is 0 Å². The molecule has 1 N–H and O–H groups in total. The van der Waals surface area contributed by atoms with Gasteiger partial charge in [-0.2, -0.15) is 0 Å². The molecule has 0 fully saturated rings. The van der Waals surface area contributed by atoms with Crippen molar-refractivity contribution in [2.45, 2.75) is 6.92 Å².